The third-order valence-corrected chi connectivity index (χ3v) is 4.57. The largest absolute Gasteiger partial charge is 0.337 e. The molecule has 0 saturated carbocycles. The second-order valence-electron chi connectivity index (χ2n) is 5.63. The van der Waals surface area contributed by atoms with Crippen LogP contribution in [0.1, 0.15) is 12.4 Å². The van der Waals surface area contributed by atoms with Gasteiger partial charge in [-0.1, -0.05) is 12.1 Å². The van der Waals surface area contributed by atoms with Gasteiger partial charge in [-0.3, -0.25) is 9.36 Å². The first kappa shape index (κ1) is 19.2. The normalized spacial score (nSPS) is 11.7. The second-order valence-corrected chi connectivity index (χ2v) is 6.58. The summed E-state index contributed by atoms with van der Waals surface area (Å²) in [5.41, 5.74) is 1.03. The number of aromatic nitrogens is 4. The van der Waals surface area contributed by atoms with Gasteiger partial charge >= 0.3 is 6.55 Å². The smallest absolute Gasteiger partial charge is 0.319 e. The van der Waals surface area contributed by atoms with Crippen LogP contribution in [0.4, 0.5) is 17.6 Å². The van der Waals surface area contributed by atoms with Crippen LogP contribution in [-0.2, 0) is 17.9 Å². The van der Waals surface area contributed by atoms with Crippen molar-refractivity contribution in [3.05, 3.63) is 42.5 Å². The Kier molecular flexibility index (Phi) is 5.68. The number of nitrogens with zero attached hydrogens (tertiary/aromatic N) is 5. The highest BCUT2D eigenvalue weighted by molar-refractivity contribution is 7.99. The van der Waals surface area contributed by atoms with Gasteiger partial charge in [0, 0.05) is 19.4 Å². The van der Waals surface area contributed by atoms with Crippen LogP contribution in [0.3, 0.4) is 0 Å². The number of alkyl halides is 4. The number of hydrogen-bond donors (Lipinski definition) is 0. The molecule has 0 radical (unpaired) electrons. The number of benzene rings is 1. The molecule has 0 fully saturated rings. The molecule has 2 heterocycles. The Hall–Kier alpha value is -2.56. The summed E-state index contributed by atoms with van der Waals surface area (Å²) in [6, 6.07) is 6.77. The highest BCUT2D eigenvalue weighted by Crippen LogP contribution is 2.28. The molecule has 0 spiro atoms. The summed E-state index contributed by atoms with van der Waals surface area (Å²) < 4.78 is 53.5. The summed E-state index contributed by atoms with van der Waals surface area (Å²) >= 11 is 0.248. The molecule has 0 aliphatic heterocycles. The minimum Gasteiger partial charge on any atom is -0.337 e. The van der Waals surface area contributed by atoms with E-state index >= 15 is 0 Å². The van der Waals surface area contributed by atoms with Gasteiger partial charge in [0.1, 0.15) is 12.4 Å². The number of imidazole rings is 2. The molecule has 0 aliphatic rings. The first-order valence-corrected chi connectivity index (χ1v) is 8.68. The maximum Gasteiger partial charge on any atom is 0.319 e. The molecule has 0 N–H and O–H groups in total. The lowest BCUT2D eigenvalue weighted by Gasteiger charge is -2.19. The first-order chi connectivity index (χ1) is 12.9. The van der Waals surface area contributed by atoms with Crippen LogP contribution >= 0.6 is 11.8 Å². The highest BCUT2D eigenvalue weighted by atomic mass is 32.2. The quantitative estimate of drug-likeness (QED) is 0.448. The van der Waals surface area contributed by atoms with Crippen molar-refractivity contribution >= 4 is 28.7 Å². The molecule has 0 atom stereocenters. The Morgan fingerprint density at radius 2 is 2.00 bits per heavy atom. The molecule has 0 unspecified atom stereocenters. The molecule has 2 aromatic heterocycles. The number of para-hydroxylation sites is 2. The lowest BCUT2D eigenvalue weighted by atomic mass is 10.3. The van der Waals surface area contributed by atoms with Crippen molar-refractivity contribution < 1.29 is 22.4 Å². The molecule has 3 rings (SSSR count). The Morgan fingerprint density at radius 1 is 1.26 bits per heavy atom. The lowest BCUT2D eigenvalue weighted by Crippen LogP contribution is -2.31. The van der Waals surface area contributed by atoms with E-state index in [-0.39, 0.29) is 35.8 Å². The van der Waals surface area contributed by atoms with Crippen LogP contribution in [0.15, 0.2) is 41.8 Å². The summed E-state index contributed by atoms with van der Waals surface area (Å²) in [6.07, 6.45) is 2.35. The van der Waals surface area contributed by atoms with Crippen LogP contribution in [0, 0.1) is 0 Å². The standard InChI is InChI=1S/C16H15F4N5OS/c1-23(8-12-21-6-7-24(12)14(17)18)13(26)9-25-11-5-3-2-4-10(11)22-16(25)27-15(19)20/h2-7,14-15H,8-9H2,1H3. The van der Waals surface area contributed by atoms with Gasteiger partial charge in [-0.05, 0) is 23.9 Å². The highest BCUT2D eigenvalue weighted by Gasteiger charge is 2.21. The van der Waals surface area contributed by atoms with Crippen LogP contribution in [-0.4, -0.2) is 42.7 Å². The molecular formula is C16H15F4N5OS. The summed E-state index contributed by atoms with van der Waals surface area (Å²) in [5, 5.41) is 0.0158. The Morgan fingerprint density at radius 3 is 2.70 bits per heavy atom. The van der Waals surface area contributed by atoms with E-state index in [0.717, 1.165) is 6.20 Å². The van der Waals surface area contributed by atoms with E-state index in [0.29, 0.717) is 15.6 Å². The van der Waals surface area contributed by atoms with Gasteiger partial charge in [-0.15, -0.1) is 0 Å². The predicted octanol–water partition coefficient (Wildman–Crippen LogP) is 3.60. The fraction of sp³-hybridized carbons (Fsp3) is 0.312. The number of halogens is 4. The number of thioether (sulfide) groups is 1. The van der Waals surface area contributed by atoms with Gasteiger partial charge in [-0.25, -0.2) is 9.97 Å². The minimum absolute atomic E-state index is 0.0158. The number of likely N-dealkylation sites (N-methyl/N-ethyl adjacent to an activating group) is 1. The Labute approximate surface area is 155 Å². The Balaban J connectivity index is 1.81. The van der Waals surface area contributed by atoms with Crippen LogP contribution < -0.4 is 0 Å². The number of amides is 1. The van der Waals surface area contributed by atoms with Gasteiger partial charge in [0.15, 0.2) is 5.16 Å². The van der Waals surface area contributed by atoms with E-state index in [4.69, 9.17) is 0 Å². The number of rotatable bonds is 7. The summed E-state index contributed by atoms with van der Waals surface area (Å²) in [7, 11) is 1.44. The van der Waals surface area contributed by atoms with E-state index in [1.807, 2.05) is 0 Å². The summed E-state index contributed by atoms with van der Waals surface area (Å²) in [5.74, 6) is -3.11. The van der Waals surface area contributed by atoms with Crippen molar-refractivity contribution in [1.29, 1.82) is 0 Å². The topological polar surface area (TPSA) is 56.0 Å². The van der Waals surface area contributed by atoms with Gasteiger partial charge in [0.05, 0.1) is 17.6 Å². The van der Waals surface area contributed by atoms with Crippen molar-refractivity contribution in [1.82, 2.24) is 24.0 Å². The third kappa shape index (κ3) is 4.24. The van der Waals surface area contributed by atoms with Gasteiger partial charge in [0.25, 0.3) is 5.76 Å². The lowest BCUT2D eigenvalue weighted by molar-refractivity contribution is -0.131. The van der Waals surface area contributed by atoms with Crippen molar-refractivity contribution in [3.8, 4) is 0 Å². The van der Waals surface area contributed by atoms with Gasteiger partial charge in [0.2, 0.25) is 5.91 Å². The monoisotopic (exact) mass is 401 g/mol. The van der Waals surface area contributed by atoms with Crippen LogP contribution in [0.25, 0.3) is 11.0 Å². The molecule has 0 aliphatic carbocycles. The number of carbonyl (C=O) groups is 1. The molecule has 27 heavy (non-hydrogen) atoms. The SMILES string of the molecule is CN(Cc1nccn1C(F)F)C(=O)Cn1c(SC(F)F)nc2ccccc21. The van der Waals surface area contributed by atoms with E-state index in [9.17, 15) is 22.4 Å². The van der Waals surface area contributed by atoms with Crippen LogP contribution in [0.2, 0.25) is 0 Å². The second kappa shape index (κ2) is 7.99. The Bertz CT molecular complexity index is 942. The van der Waals surface area contributed by atoms with Crippen LogP contribution in [0.5, 0.6) is 0 Å². The fourth-order valence-electron chi connectivity index (χ4n) is 2.58. The number of hydrogen-bond acceptors (Lipinski definition) is 4. The molecule has 6 nitrogen and oxygen atoms in total. The molecule has 11 heteroatoms. The zero-order valence-corrected chi connectivity index (χ0v) is 14.9. The maximum absolute atomic E-state index is 12.9. The van der Waals surface area contributed by atoms with E-state index in [1.54, 1.807) is 24.3 Å². The molecule has 1 aromatic carbocycles. The third-order valence-electron chi connectivity index (χ3n) is 3.87. The van der Waals surface area contributed by atoms with Gasteiger partial charge < -0.3 is 9.47 Å². The number of fused-ring (bicyclic) bond motifs is 1. The molecule has 0 saturated heterocycles. The summed E-state index contributed by atoms with van der Waals surface area (Å²) in [4.78, 5) is 21.7. The number of carbonyl (C=O) groups excluding carboxylic acids is 1. The van der Waals surface area contributed by atoms with E-state index in [1.165, 1.54) is 22.7 Å². The fourth-order valence-corrected chi connectivity index (χ4v) is 3.18. The van der Waals surface area contributed by atoms with Gasteiger partial charge in [-0.2, -0.15) is 17.6 Å². The molecule has 144 valence electrons. The average molecular weight is 401 g/mol. The predicted molar refractivity (Wildman–Crippen MR) is 91.5 cm³/mol. The van der Waals surface area contributed by atoms with Crippen molar-refractivity contribution in [3.63, 3.8) is 0 Å². The average Bonchev–Trinajstić information content (AvgIpc) is 3.19. The van der Waals surface area contributed by atoms with E-state index in [2.05, 4.69) is 9.97 Å². The summed E-state index contributed by atoms with van der Waals surface area (Å²) in [6.45, 7) is -3.15. The zero-order valence-electron chi connectivity index (χ0n) is 14.1. The van der Waals surface area contributed by atoms with Crippen molar-refractivity contribution in [2.24, 2.45) is 0 Å². The minimum atomic E-state index is -2.77. The van der Waals surface area contributed by atoms with E-state index < -0.39 is 18.2 Å². The maximum atomic E-state index is 12.9. The molecule has 1 amide bonds. The van der Waals surface area contributed by atoms with Crippen molar-refractivity contribution in [2.45, 2.75) is 30.6 Å². The molecular weight excluding hydrogens is 386 g/mol. The van der Waals surface area contributed by atoms with Crippen molar-refractivity contribution in [2.75, 3.05) is 7.05 Å². The first-order valence-electron chi connectivity index (χ1n) is 7.80. The molecule has 3 aromatic rings. The zero-order chi connectivity index (χ0) is 19.6. The molecule has 0 bridgehead atoms.